The van der Waals surface area contributed by atoms with Crippen molar-refractivity contribution in [3.63, 3.8) is 0 Å². The quantitative estimate of drug-likeness (QED) is 0.832. The van der Waals surface area contributed by atoms with Gasteiger partial charge in [-0.25, -0.2) is 0 Å². The van der Waals surface area contributed by atoms with Crippen LogP contribution in [0.4, 0.5) is 0 Å². The Hall–Kier alpha value is -1.30. The average molecular weight is 344 g/mol. The second kappa shape index (κ2) is 7.47. The maximum Gasteiger partial charge on any atom is 0.268 e. The monoisotopic (exact) mass is 343 g/mol. The summed E-state index contributed by atoms with van der Waals surface area (Å²) in [6.07, 6.45) is 1.86. The molecule has 5 nitrogen and oxygen atoms in total. The first-order chi connectivity index (χ1) is 9.31. The van der Waals surface area contributed by atoms with Gasteiger partial charge in [-0.1, -0.05) is 13.8 Å². The zero-order valence-corrected chi connectivity index (χ0v) is 14.0. The molecule has 0 saturated heterocycles. The van der Waals surface area contributed by atoms with Crippen molar-refractivity contribution in [2.75, 3.05) is 13.1 Å². The highest BCUT2D eigenvalue weighted by atomic mass is 79.9. The molecule has 0 unspecified atom stereocenters. The van der Waals surface area contributed by atoms with Gasteiger partial charge >= 0.3 is 0 Å². The molecule has 0 aromatic carbocycles. The largest absolute Gasteiger partial charge is 0.354 e. The van der Waals surface area contributed by atoms with E-state index in [9.17, 15) is 9.59 Å². The minimum absolute atomic E-state index is 0.00749. The molecule has 0 aliphatic carbocycles. The fourth-order valence-electron chi connectivity index (χ4n) is 1.69. The Morgan fingerprint density at radius 1 is 1.25 bits per heavy atom. The van der Waals surface area contributed by atoms with Gasteiger partial charge in [-0.15, -0.1) is 0 Å². The Balaban J connectivity index is 2.57. The number of halogens is 1. The lowest BCUT2D eigenvalue weighted by atomic mass is 10.2. The van der Waals surface area contributed by atoms with E-state index in [4.69, 9.17) is 0 Å². The maximum atomic E-state index is 12.1. The molecule has 0 aliphatic heterocycles. The summed E-state index contributed by atoms with van der Waals surface area (Å²) in [5.41, 5.74) is 0.545. The lowest BCUT2D eigenvalue weighted by molar-refractivity contribution is -0.120. The molecule has 1 aromatic rings. The highest BCUT2D eigenvalue weighted by Crippen LogP contribution is 2.19. The highest BCUT2D eigenvalue weighted by molar-refractivity contribution is 9.10. The third kappa shape index (κ3) is 5.00. The smallest absolute Gasteiger partial charge is 0.268 e. The van der Waals surface area contributed by atoms with Gasteiger partial charge in [0, 0.05) is 23.3 Å². The van der Waals surface area contributed by atoms with Crippen LogP contribution in [-0.4, -0.2) is 29.5 Å². The number of hydrogen-bond donors (Lipinski definition) is 2. The van der Waals surface area contributed by atoms with Crippen LogP contribution in [0, 0.1) is 5.92 Å². The Labute approximate surface area is 128 Å². The Bertz CT molecular complexity index is 481. The number of aromatic nitrogens is 1. The molecule has 6 heteroatoms. The van der Waals surface area contributed by atoms with Crippen LogP contribution in [0.3, 0.4) is 0 Å². The second-order valence-corrected chi connectivity index (χ2v) is 6.34. The van der Waals surface area contributed by atoms with Crippen molar-refractivity contribution in [1.29, 1.82) is 0 Å². The molecule has 0 atom stereocenters. The van der Waals surface area contributed by atoms with Gasteiger partial charge in [0.15, 0.2) is 0 Å². The molecule has 112 valence electrons. The van der Waals surface area contributed by atoms with E-state index in [1.54, 1.807) is 6.07 Å². The van der Waals surface area contributed by atoms with Crippen LogP contribution in [0.15, 0.2) is 16.7 Å². The number of hydrogen-bond acceptors (Lipinski definition) is 2. The van der Waals surface area contributed by atoms with Crippen LogP contribution in [0.25, 0.3) is 0 Å². The molecule has 1 rings (SSSR count). The van der Waals surface area contributed by atoms with E-state index in [2.05, 4.69) is 26.6 Å². The van der Waals surface area contributed by atoms with Crippen molar-refractivity contribution in [3.8, 4) is 0 Å². The first-order valence-corrected chi connectivity index (χ1v) is 7.52. The summed E-state index contributed by atoms with van der Waals surface area (Å²) in [4.78, 5) is 23.7. The summed E-state index contributed by atoms with van der Waals surface area (Å²) < 4.78 is 2.71. The Kier molecular flexibility index (Phi) is 6.26. The molecule has 2 amide bonds. The molecule has 20 heavy (non-hydrogen) atoms. The molecule has 0 spiro atoms. The van der Waals surface area contributed by atoms with Crippen molar-refractivity contribution < 1.29 is 9.59 Å². The lowest BCUT2D eigenvalue weighted by Gasteiger charge is -2.13. The summed E-state index contributed by atoms with van der Waals surface area (Å²) in [5.74, 6) is -0.0263. The second-order valence-electron chi connectivity index (χ2n) is 5.43. The van der Waals surface area contributed by atoms with E-state index >= 15 is 0 Å². The molecule has 0 radical (unpaired) electrons. The maximum absolute atomic E-state index is 12.1. The summed E-state index contributed by atoms with van der Waals surface area (Å²) in [6, 6.07) is 1.93. The molecule has 0 saturated carbocycles. The number of amides is 2. The van der Waals surface area contributed by atoms with Gasteiger partial charge < -0.3 is 15.2 Å². The van der Waals surface area contributed by atoms with Crippen molar-refractivity contribution in [2.45, 2.75) is 33.7 Å². The fraction of sp³-hybridized carbons (Fsp3) is 0.571. The van der Waals surface area contributed by atoms with Gasteiger partial charge in [0.2, 0.25) is 5.91 Å². The molecular weight excluding hydrogens is 322 g/mol. The first kappa shape index (κ1) is 16.8. The average Bonchev–Trinajstić information content (AvgIpc) is 2.75. The Morgan fingerprint density at radius 2 is 1.90 bits per heavy atom. The van der Waals surface area contributed by atoms with Crippen LogP contribution in [0.2, 0.25) is 0 Å². The summed E-state index contributed by atoms with van der Waals surface area (Å²) in [5, 5.41) is 5.40. The van der Waals surface area contributed by atoms with Crippen molar-refractivity contribution in [1.82, 2.24) is 15.2 Å². The van der Waals surface area contributed by atoms with Gasteiger partial charge in [-0.3, -0.25) is 9.59 Å². The first-order valence-electron chi connectivity index (χ1n) is 6.73. The molecule has 0 bridgehead atoms. The standard InChI is InChI=1S/C14H22BrN3O2/c1-9(2)6-16-13(19)7-17-14(20)12-5-11(15)8-18(12)10(3)4/h5,8-10H,6-7H2,1-4H3,(H,16,19)(H,17,20). The van der Waals surface area contributed by atoms with Crippen LogP contribution in [0.5, 0.6) is 0 Å². The lowest BCUT2D eigenvalue weighted by Crippen LogP contribution is -2.38. The molecule has 2 N–H and O–H groups in total. The molecular formula is C14H22BrN3O2. The van der Waals surface area contributed by atoms with E-state index in [0.29, 0.717) is 18.2 Å². The van der Waals surface area contributed by atoms with Crippen molar-refractivity contribution in [2.24, 2.45) is 5.92 Å². The van der Waals surface area contributed by atoms with Crippen LogP contribution in [0.1, 0.15) is 44.2 Å². The normalized spacial score (nSPS) is 10.9. The van der Waals surface area contributed by atoms with Gasteiger partial charge in [0.05, 0.1) is 6.54 Å². The molecule has 0 aliphatic rings. The van der Waals surface area contributed by atoms with E-state index in [1.807, 2.05) is 38.5 Å². The minimum atomic E-state index is -0.246. The highest BCUT2D eigenvalue weighted by Gasteiger charge is 2.15. The fourth-order valence-corrected chi connectivity index (χ4v) is 2.12. The minimum Gasteiger partial charge on any atom is -0.354 e. The molecule has 1 aromatic heterocycles. The number of nitrogens with one attached hydrogen (secondary N) is 2. The number of rotatable bonds is 6. The van der Waals surface area contributed by atoms with Crippen molar-refractivity contribution >= 4 is 27.7 Å². The van der Waals surface area contributed by atoms with Gasteiger partial charge in [0.1, 0.15) is 5.69 Å². The van der Waals surface area contributed by atoms with Gasteiger partial charge in [-0.05, 0) is 41.8 Å². The van der Waals surface area contributed by atoms with E-state index in [0.717, 1.165) is 4.47 Å². The zero-order valence-electron chi connectivity index (χ0n) is 12.4. The predicted molar refractivity (Wildman–Crippen MR) is 82.7 cm³/mol. The Morgan fingerprint density at radius 3 is 2.45 bits per heavy atom. The SMILES string of the molecule is CC(C)CNC(=O)CNC(=O)c1cc(Br)cn1C(C)C. The molecule has 1 heterocycles. The van der Waals surface area contributed by atoms with E-state index in [-0.39, 0.29) is 24.4 Å². The van der Waals surface area contributed by atoms with Crippen LogP contribution < -0.4 is 10.6 Å². The van der Waals surface area contributed by atoms with E-state index < -0.39 is 0 Å². The van der Waals surface area contributed by atoms with Crippen LogP contribution >= 0.6 is 15.9 Å². The van der Waals surface area contributed by atoms with Gasteiger partial charge in [-0.2, -0.15) is 0 Å². The number of nitrogens with zero attached hydrogens (tertiary/aromatic N) is 1. The predicted octanol–water partition coefficient (Wildman–Crippen LogP) is 2.33. The summed E-state index contributed by atoms with van der Waals surface area (Å²) >= 11 is 3.36. The topological polar surface area (TPSA) is 63.1 Å². The van der Waals surface area contributed by atoms with Crippen LogP contribution in [-0.2, 0) is 4.79 Å². The summed E-state index contributed by atoms with van der Waals surface area (Å²) in [6.45, 7) is 8.64. The van der Waals surface area contributed by atoms with E-state index in [1.165, 1.54) is 0 Å². The number of carbonyl (C=O) groups excluding carboxylic acids is 2. The third-order valence-corrected chi connectivity index (χ3v) is 3.15. The summed E-state index contributed by atoms with van der Waals surface area (Å²) in [7, 11) is 0. The zero-order chi connectivity index (χ0) is 15.3. The third-order valence-electron chi connectivity index (χ3n) is 2.72. The number of carbonyl (C=O) groups is 2. The van der Waals surface area contributed by atoms with Crippen molar-refractivity contribution in [3.05, 3.63) is 22.4 Å². The molecule has 0 fully saturated rings. The van der Waals surface area contributed by atoms with Gasteiger partial charge in [0.25, 0.3) is 5.91 Å².